The Labute approximate surface area is 100 Å². The Bertz CT molecular complexity index is 198. The van der Waals surface area contributed by atoms with Crippen molar-refractivity contribution < 1.29 is 5.11 Å². The van der Waals surface area contributed by atoms with Crippen LogP contribution in [-0.2, 0) is 0 Å². The molecule has 16 heavy (non-hydrogen) atoms. The third kappa shape index (κ3) is 3.72. The Morgan fingerprint density at radius 2 is 2.12 bits per heavy atom. The molecule has 0 aromatic rings. The summed E-state index contributed by atoms with van der Waals surface area (Å²) in [6, 6.07) is 0.643. The minimum absolute atomic E-state index is 0.165. The van der Waals surface area contributed by atoms with Gasteiger partial charge in [0.25, 0.3) is 0 Å². The van der Waals surface area contributed by atoms with Gasteiger partial charge in [-0.05, 0) is 38.9 Å². The summed E-state index contributed by atoms with van der Waals surface area (Å²) in [5.74, 6) is 0.711. The molecular formula is C13H28N2O. The van der Waals surface area contributed by atoms with Crippen LogP contribution in [0, 0.1) is 5.92 Å². The fourth-order valence-electron chi connectivity index (χ4n) is 2.76. The second kappa shape index (κ2) is 6.58. The molecule has 0 aliphatic carbocycles. The van der Waals surface area contributed by atoms with Gasteiger partial charge in [-0.15, -0.1) is 0 Å². The van der Waals surface area contributed by atoms with Gasteiger partial charge in [0.1, 0.15) is 0 Å². The SMILES string of the molecule is CC[C@@H](O)CN(C)C1CCN(CC)CC1C. The highest BCUT2D eigenvalue weighted by atomic mass is 16.3. The first-order valence-electron chi connectivity index (χ1n) is 6.69. The number of hydrogen-bond acceptors (Lipinski definition) is 3. The van der Waals surface area contributed by atoms with Crippen LogP contribution in [0.3, 0.4) is 0 Å². The van der Waals surface area contributed by atoms with Crippen molar-refractivity contribution in [3.05, 3.63) is 0 Å². The lowest BCUT2D eigenvalue weighted by Crippen LogP contribution is -2.50. The van der Waals surface area contributed by atoms with Gasteiger partial charge in [0, 0.05) is 19.1 Å². The van der Waals surface area contributed by atoms with E-state index in [0.717, 1.165) is 13.0 Å². The Kier molecular flexibility index (Phi) is 5.73. The van der Waals surface area contributed by atoms with Crippen molar-refractivity contribution in [1.82, 2.24) is 9.80 Å². The summed E-state index contributed by atoms with van der Waals surface area (Å²) < 4.78 is 0. The van der Waals surface area contributed by atoms with Crippen molar-refractivity contribution in [2.45, 2.75) is 45.8 Å². The summed E-state index contributed by atoms with van der Waals surface area (Å²) in [6.07, 6.45) is 1.93. The lowest BCUT2D eigenvalue weighted by atomic mass is 9.92. The van der Waals surface area contributed by atoms with E-state index in [2.05, 4.69) is 30.7 Å². The highest BCUT2D eigenvalue weighted by Crippen LogP contribution is 2.21. The van der Waals surface area contributed by atoms with Gasteiger partial charge in [-0.2, -0.15) is 0 Å². The maximum absolute atomic E-state index is 9.69. The third-order valence-electron chi connectivity index (χ3n) is 3.93. The van der Waals surface area contributed by atoms with Gasteiger partial charge < -0.3 is 14.9 Å². The van der Waals surface area contributed by atoms with Gasteiger partial charge in [-0.1, -0.05) is 20.8 Å². The monoisotopic (exact) mass is 228 g/mol. The summed E-state index contributed by atoms with van der Waals surface area (Å²) in [5, 5.41) is 9.69. The molecule has 0 saturated carbocycles. The highest BCUT2D eigenvalue weighted by molar-refractivity contribution is 4.84. The molecule has 3 atom stereocenters. The quantitative estimate of drug-likeness (QED) is 0.771. The molecule has 3 heteroatoms. The first-order valence-corrected chi connectivity index (χ1v) is 6.69. The largest absolute Gasteiger partial charge is 0.392 e. The molecule has 1 heterocycles. The predicted octanol–water partition coefficient (Wildman–Crippen LogP) is 1.42. The third-order valence-corrected chi connectivity index (χ3v) is 3.93. The summed E-state index contributed by atoms with van der Waals surface area (Å²) in [7, 11) is 2.15. The van der Waals surface area contributed by atoms with E-state index in [1.165, 1.54) is 26.1 Å². The van der Waals surface area contributed by atoms with Crippen molar-refractivity contribution in [3.63, 3.8) is 0 Å². The molecule has 0 amide bonds. The molecule has 0 aromatic heterocycles. The van der Waals surface area contributed by atoms with E-state index < -0.39 is 0 Å². The van der Waals surface area contributed by atoms with Crippen LogP contribution in [0.1, 0.15) is 33.6 Å². The van der Waals surface area contributed by atoms with E-state index in [1.54, 1.807) is 0 Å². The molecule has 0 spiro atoms. The molecule has 1 aliphatic heterocycles. The standard InChI is InChI=1S/C13H28N2O/c1-5-12(16)10-14(4)13-7-8-15(6-2)9-11(13)3/h11-13,16H,5-10H2,1-4H3/t11?,12-,13?/m1/s1. The first-order chi connectivity index (χ1) is 7.58. The Morgan fingerprint density at radius 1 is 1.44 bits per heavy atom. The molecule has 0 radical (unpaired) electrons. The molecule has 2 unspecified atom stereocenters. The van der Waals surface area contributed by atoms with Gasteiger partial charge in [0.15, 0.2) is 0 Å². The molecule has 0 bridgehead atoms. The summed E-state index contributed by atoms with van der Waals surface area (Å²) in [6.45, 7) is 11.0. The molecule has 1 saturated heterocycles. The second-order valence-corrected chi connectivity index (χ2v) is 5.23. The van der Waals surface area contributed by atoms with Gasteiger partial charge in [-0.25, -0.2) is 0 Å². The lowest BCUT2D eigenvalue weighted by Gasteiger charge is -2.41. The van der Waals surface area contributed by atoms with Gasteiger partial charge in [0.05, 0.1) is 6.10 Å². The molecule has 3 nitrogen and oxygen atoms in total. The zero-order chi connectivity index (χ0) is 12.1. The number of likely N-dealkylation sites (tertiary alicyclic amines) is 1. The maximum Gasteiger partial charge on any atom is 0.0664 e. The lowest BCUT2D eigenvalue weighted by molar-refractivity contribution is 0.0456. The number of nitrogens with zero attached hydrogens (tertiary/aromatic N) is 2. The van der Waals surface area contributed by atoms with E-state index in [9.17, 15) is 5.11 Å². The van der Waals surface area contributed by atoms with Crippen LogP contribution in [0.2, 0.25) is 0 Å². The number of piperidine rings is 1. The van der Waals surface area contributed by atoms with E-state index in [0.29, 0.717) is 12.0 Å². The van der Waals surface area contributed by atoms with E-state index in [1.807, 2.05) is 6.92 Å². The summed E-state index contributed by atoms with van der Waals surface area (Å²) in [4.78, 5) is 4.87. The Balaban J connectivity index is 2.42. The van der Waals surface area contributed by atoms with Crippen LogP contribution >= 0.6 is 0 Å². The van der Waals surface area contributed by atoms with Crippen LogP contribution in [-0.4, -0.2) is 60.3 Å². The smallest absolute Gasteiger partial charge is 0.0664 e. The number of aliphatic hydroxyl groups excluding tert-OH is 1. The fraction of sp³-hybridized carbons (Fsp3) is 1.00. The zero-order valence-corrected chi connectivity index (χ0v) is 11.3. The molecule has 1 fully saturated rings. The van der Waals surface area contributed by atoms with Crippen molar-refractivity contribution in [2.24, 2.45) is 5.92 Å². The van der Waals surface area contributed by atoms with Crippen molar-refractivity contribution in [1.29, 1.82) is 0 Å². The maximum atomic E-state index is 9.69. The van der Waals surface area contributed by atoms with Crippen LogP contribution in [0.15, 0.2) is 0 Å². The molecule has 1 aliphatic rings. The summed E-state index contributed by atoms with van der Waals surface area (Å²) in [5.41, 5.74) is 0. The highest BCUT2D eigenvalue weighted by Gasteiger charge is 2.28. The van der Waals surface area contributed by atoms with Crippen molar-refractivity contribution in [3.8, 4) is 0 Å². The normalized spacial score (nSPS) is 29.6. The van der Waals surface area contributed by atoms with E-state index >= 15 is 0 Å². The van der Waals surface area contributed by atoms with Crippen LogP contribution in [0.25, 0.3) is 0 Å². The molecule has 1 rings (SSSR count). The molecule has 0 aromatic carbocycles. The number of rotatable bonds is 5. The van der Waals surface area contributed by atoms with Gasteiger partial charge >= 0.3 is 0 Å². The number of likely N-dealkylation sites (N-methyl/N-ethyl adjacent to an activating group) is 1. The van der Waals surface area contributed by atoms with Crippen LogP contribution in [0.5, 0.6) is 0 Å². The van der Waals surface area contributed by atoms with Gasteiger partial charge in [0.2, 0.25) is 0 Å². The van der Waals surface area contributed by atoms with E-state index in [-0.39, 0.29) is 6.10 Å². The number of aliphatic hydroxyl groups is 1. The van der Waals surface area contributed by atoms with Crippen molar-refractivity contribution >= 4 is 0 Å². The fourth-order valence-corrected chi connectivity index (χ4v) is 2.76. The summed E-state index contributed by atoms with van der Waals surface area (Å²) >= 11 is 0. The van der Waals surface area contributed by atoms with Crippen molar-refractivity contribution in [2.75, 3.05) is 33.2 Å². The van der Waals surface area contributed by atoms with Crippen LogP contribution < -0.4 is 0 Å². The second-order valence-electron chi connectivity index (χ2n) is 5.23. The minimum atomic E-state index is -0.165. The Hall–Kier alpha value is -0.120. The predicted molar refractivity (Wildman–Crippen MR) is 68.6 cm³/mol. The Morgan fingerprint density at radius 3 is 2.62 bits per heavy atom. The average molecular weight is 228 g/mol. The zero-order valence-electron chi connectivity index (χ0n) is 11.3. The van der Waals surface area contributed by atoms with Gasteiger partial charge in [-0.3, -0.25) is 0 Å². The molecule has 96 valence electrons. The number of hydrogen-bond donors (Lipinski definition) is 1. The topological polar surface area (TPSA) is 26.7 Å². The van der Waals surface area contributed by atoms with E-state index in [4.69, 9.17) is 0 Å². The minimum Gasteiger partial charge on any atom is -0.392 e. The molecule has 1 N–H and O–H groups in total. The average Bonchev–Trinajstić information content (AvgIpc) is 2.28. The molecular weight excluding hydrogens is 200 g/mol. The van der Waals surface area contributed by atoms with Crippen LogP contribution in [0.4, 0.5) is 0 Å². The first kappa shape index (κ1) is 13.9.